The zero-order valence-electron chi connectivity index (χ0n) is 10.1. The maximum atomic E-state index is 11.8. The number of imide groups is 1. The second kappa shape index (κ2) is 4.12. The van der Waals surface area contributed by atoms with E-state index in [-0.39, 0.29) is 11.9 Å². The van der Waals surface area contributed by atoms with Crippen LogP contribution < -0.4 is 10.6 Å². The predicted molar refractivity (Wildman–Crippen MR) is 67.1 cm³/mol. The van der Waals surface area contributed by atoms with E-state index in [2.05, 4.69) is 22.8 Å². The molecule has 94 valence electrons. The molecule has 18 heavy (non-hydrogen) atoms. The molecule has 1 saturated carbocycles. The SMILES string of the molecule is O=C1NC(=O)C2(CCC(c3ccccc3)CC2)N1. The molecule has 1 aromatic rings. The molecular weight excluding hydrogens is 228 g/mol. The van der Waals surface area contributed by atoms with E-state index in [1.165, 1.54) is 5.56 Å². The monoisotopic (exact) mass is 244 g/mol. The Kier molecular flexibility index (Phi) is 2.58. The number of hydrogen-bond donors (Lipinski definition) is 2. The minimum Gasteiger partial charge on any atom is -0.323 e. The Morgan fingerprint density at radius 2 is 1.72 bits per heavy atom. The van der Waals surface area contributed by atoms with Crippen LogP contribution >= 0.6 is 0 Å². The second-order valence-corrected chi connectivity index (χ2v) is 5.18. The summed E-state index contributed by atoms with van der Waals surface area (Å²) in [7, 11) is 0. The average Bonchev–Trinajstić information content (AvgIpc) is 2.66. The van der Waals surface area contributed by atoms with Gasteiger partial charge in [-0.1, -0.05) is 30.3 Å². The fourth-order valence-electron chi connectivity index (χ4n) is 3.05. The molecule has 2 aliphatic rings. The first-order valence-electron chi connectivity index (χ1n) is 6.38. The van der Waals surface area contributed by atoms with Crippen molar-refractivity contribution in [3.8, 4) is 0 Å². The van der Waals surface area contributed by atoms with Gasteiger partial charge in [-0.05, 0) is 37.2 Å². The van der Waals surface area contributed by atoms with Crippen LogP contribution in [-0.4, -0.2) is 17.5 Å². The minimum absolute atomic E-state index is 0.154. The lowest BCUT2D eigenvalue weighted by atomic mass is 9.74. The third-order valence-electron chi connectivity index (χ3n) is 4.12. The number of carbonyl (C=O) groups excluding carboxylic acids is 2. The minimum atomic E-state index is -0.637. The first-order chi connectivity index (χ1) is 8.70. The van der Waals surface area contributed by atoms with Crippen molar-refractivity contribution in [3.63, 3.8) is 0 Å². The van der Waals surface area contributed by atoms with Gasteiger partial charge in [-0.3, -0.25) is 10.1 Å². The highest BCUT2D eigenvalue weighted by atomic mass is 16.2. The van der Waals surface area contributed by atoms with Crippen molar-refractivity contribution < 1.29 is 9.59 Å². The lowest BCUT2D eigenvalue weighted by Crippen LogP contribution is -2.49. The van der Waals surface area contributed by atoms with Crippen LogP contribution in [0.2, 0.25) is 0 Å². The maximum Gasteiger partial charge on any atom is 0.322 e. The molecule has 4 nitrogen and oxygen atoms in total. The second-order valence-electron chi connectivity index (χ2n) is 5.18. The van der Waals surface area contributed by atoms with Crippen LogP contribution in [0.5, 0.6) is 0 Å². The number of nitrogens with one attached hydrogen (secondary N) is 2. The Bertz CT molecular complexity index is 476. The van der Waals surface area contributed by atoms with E-state index in [0.29, 0.717) is 5.92 Å². The molecule has 0 radical (unpaired) electrons. The first kappa shape index (κ1) is 11.3. The summed E-state index contributed by atoms with van der Waals surface area (Å²) < 4.78 is 0. The van der Waals surface area contributed by atoms with Crippen molar-refractivity contribution in [3.05, 3.63) is 35.9 Å². The van der Waals surface area contributed by atoms with Gasteiger partial charge in [-0.2, -0.15) is 0 Å². The summed E-state index contributed by atoms with van der Waals surface area (Å²) in [6, 6.07) is 10.0. The number of carbonyl (C=O) groups is 2. The Morgan fingerprint density at radius 3 is 2.28 bits per heavy atom. The Balaban J connectivity index is 1.72. The fourth-order valence-corrected chi connectivity index (χ4v) is 3.05. The van der Waals surface area contributed by atoms with E-state index in [1.54, 1.807) is 0 Å². The average molecular weight is 244 g/mol. The zero-order chi connectivity index (χ0) is 12.6. The predicted octanol–water partition coefficient (Wildman–Crippen LogP) is 1.92. The van der Waals surface area contributed by atoms with Crippen LogP contribution in [-0.2, 0) is 4.79 Å². The molecular formula is C14H16N2O2. The Labute approximate surface area is 106 Å². The van der Waals surface area contributed by atoms with Crippen LogP contribution in [0.1, 0.15) is 37.2 Å². The van der Waals surface area contributed by atoms with Crippen LogP contribution in [0.15, 0.2) is 30.3 Å². The molecule has 0 aromatic heterocycles. The molecule has 0 bridgehead atoms. The highest BCUT2D eigenvalue weighted by Crippen LogP contribution is 2.39. The standard InChI is InChI=1S/C14H16N2O2/c17-12-14(16-13(18)15-12)8-6-11(7-9-14)10-4-2-1-3-5-10/h1-5,11H,6-9H2,(H2,15,16,17,18). The van der Waals surface area contributed by atoms with Crippen molar-refractivity contribution >= 4 is 11.9 Å². The van der Waals surface area contributed by atoms with Gasteiger partial charge >= 0.3 is 6.03 Å². The molecule has 1 aliphatic carbocycles. The lowest BCUT2D eigenvalue weighted by Gasteiger charge is -2.34. The summed E-state index contributed by atoms with van der Waals surface area (Å²) in [4.78, 5) is 23.0. The number of amides is 3. The fraction of sp³-hybridized carbons (Fsp3) is 0.429. The first-order valence-corrected chi connectivity index (χ1v) is 6.38. The van der Waals surface area contributed by atoms with E-state index in [9.17, 15) is 9.59 Å². The van der Waals surface area contributed by atoms with Crippen LogP contribution in [0, 0.1) is 0 Å². The van der Waals surface area contributed by atoms with Crippen LogP contribution in [0.3, 0.4) is 0 Å². The summed E-state index contributed by atoms with van der Waals surface area (Å²) in [5.41, 5.74) is 0.694. The Hall–Kier alpha value is -1.84. The highest BCUT2D eigenvalue weighted by Gasteiger charge is 2.48. The summed E-state index contributed by atoms with van der Waals surface area (Å²) in [5.74, 6) is 0.348. The topological polar surface area (TPSA) is 58.2 Å². The largest absolute Gasteiger partial charge is 0.323 e. The molecule has 1 heterocycles. The summed E-state index contributed by atoms with van der Waals surface area (Å²) in [5, 5.41) is 5.13. The van der Waals surface area contributed by atoms with E-state index in [4.69, 9.17) is 0 Å². The van der Waals surface area contributed by atoms with Gasteiger partial charge in [0.25, 0.3) is 5.91 Å². The molecule has 3 amide bonds. The molecule has 1 spiro atoms. The Morgan fingerprint density at radius 1 is 1.06 bits per heavy atom. The number of hydrogen-bond acceptors (Lipinski definition) is 2. The van der Waals surface area contributed by atoms with Gasteiger partial charge in [0.2, 0.25) is 0 Å². The van der Waals surface area contributed by atoms with Gasteiger partial charge in [0, 0.05) is 0 Å². The number of rotatable bonds is 1. The molecule has 4 heteroatoms. The molecule has 1 aromatic carbocycles. The van der Waals surface area contributed by atoms with Gasteiger partial charge in [-0.25, -0.2) is 4.79 Å². The van der Waals surface area contributed by atoms with Crippen LogP contribution in [0.4, 0.5) is 4.79 Å². The summed E-state index contributed by atoms with van der Waals surface area (Å²) in [6.45, 7) is 0. The quantitative estimate of drug-likeness (QED) is 0.741. The van der Waals surface area contributed by atoms with Gasteiger partial charge < -0.3 is 5.32 Å². The van der Waals surface area contributed by atoms with E-state index >= 15 is 0 Å². The summed E-state index contributed by atoms with van der Waals surface area (Å²) >= 11 is 0. The van der Waals surface area contributed by atoms with Crippen LogP contribution in [0.25, 0.3) is 0 Å². The molecule has 2 N–H and O–H groups in total. The maximum absolute atomic E-state index is 11.8. The molecule has 3 rings (SSSR count). The molecule has 0 atom stereocenters. The smallest absolute Gasteiger partial charge is 0.322 e. The van der Waals surface area contributed by atoms with Crippen molar-refractivity contribution in [1.29, 1.82) is 0 Å². The van der Waals surface area contributed by atoms with Gasteiger partial charge in [-0.15, -0.1) is 0 Å². The molecule has 0 unspecified atom stereocenters. The van der Waals surface area contributed by atoms with Gasteiger partial charge in [0.15, 0.2) is 0 Å². The van der Waals surface area contributed by atoms with Gasteiger partial charge in [0.1, 0.15) is 5.54 Å². The third kappa shape index (κ3) is 1.78. The molecule has 1 saturated heterocycles. The van der Waals surface area contributed by atoms with E-state index in [0.717, 1.165) is 25.7 Å². The highest BCUT2D eigenvalue weighted by molar-refractivity contribution is 6.07. The van der Waals surface area contributed by atoms with Crippen molar-refractivity contribution in [2.24, 2.45) is 0 Å². The number of benzene rings is 1. The summed E-state index contributed by atoms with van der Waals surface area (Å²) in [6.07, 6.45) is 3.34. The van der Waals surface area contributed by atoms with E-state index in [1.807, 2.05) is 18.2 Å². The zero-order valence-corrected chi connectivity index (χ0v) is 10.1. The molecule has 2 fully saturated rings. The normalized spacial score (nSPS) is 31.2. The third-order valence-corrected chi connectivity index (χ3v) is 4.12. The lowest BCUT2D eigenvalue weighted by molar-refractivity contribution is -0.125. The molecule has 1 aliphatic heterocycles. The number of urea groups is 1. The van der Waals surface area contributed by atoms with Crippen molar-refractivity contribution in [1.82, 2.24) is 10.6 Å². The van der Waals surface area contributed by atoms with E-state index < -0.39 is 5.54 Å². The van der Waals surface area contributed by atoms with Crippen molar-refractivity contribution in [2.75, 3.05) is 0 Å². The van der Waals surface area contributed by atoms with Crippen molar-refractivity contribution in [2.45, 2.75) is 37.1 Å². The van der Waals surface area contributed by atoms with Gasteiger partial charge in [0.05, 0.1) is 0 Å².